The monoisotopic (exact) mass is 408 g/mol. The lowest BCUT2D eigenvalue weighted by atomic mass is 9.95. The van der Waals surface area contributed by atoms with Gasteiger partial charge in [-0.2, -0.15) is 0 Å². The number of amides is 1. The second-order valence-electron chi connectivity index (χ2n) is 7.02. The Hall–Kier alpha value is -2.43. The number of halogens is 1. The number of aliphatic imine (C=N–C) groups is 1. The molecular weight excluding hydrogens is 388 g/mol. The van der Waals surface area contributed by atoms with Crippen LogP contribution in [0.15, 0.2) is 53.5 Å². The standard InChI is InChI=1S/C23H21ClN2OS/c1-15-5-4-6-18(13-15)26-22(27)21-19-7-2-3-8-20(19)28-23(21)25-14-16-9-11-17(24)12-10-16/h4-6,9-14H,2-3,7-8H2,1H3,(H,26,27)/b25-14+. The van der Waals surface area contributed by atoms with Crippen LogP contribution in [-0.2, 0) is 12.8 Å². The third-order valence-electron chi connectivity index (χ3n) is 4.86. The molecule has 3 nitrogen and oxygen atoms in total. The van der Waals surface area contributed by atoms with Crippen LogP contribution in [0.1, 0.15) is 44.8 Å². The Bertz CT molecular complexity index is 1040. The van der Waals surface area contributed by atoms with Gasteiger partial charge >= 0.3 is 0 Å². The predicted molar refractivity (Wildman–Crippen MR) is 119 cm³/mol. The lowest BCUT2D eigenvalue weighted by Crippen LogP contribution is -2.14. The highest BCUT2D eigenvalue weighted by atomic mass is 35.5. The van der Waals surface area contributed by atoms with Crippen LogP contribution in [0.3, 0.4) is 0 Å². The molecule has 0 aliphatic heterocycles. The number of nitrogens with zero attached hydrogens (tertiary/aromatic N) is 1. The third-order valence-corrected chi connectivity index (χ3v) is 6.31. The molecule has 0 radical (unpaired) electrons. The van der Waals surface area contributed by atoms with Crippen molar-refractivity contribution >= 4 is 45.7 Å². The van der Waals surface area contributed by atoms with Gasteiger partial charge in [0.1, 0.15) is 5.00 Å². The van der Waals surface area contributed by atoms with Crippen molar-refractivity contribution in [1.29, 1.82) is 0 Å². The van der Waals surface area contributed by atoms with E-state index in [-0.39, 0.29) is 5.91 Å². The molecule has 0 bridgehead atoms. The van der Waals surface area contributed by atoms with Crippen LogP contribution in [0.4, 0.5) is 10.7 Å². The largest absolute Gasteiger partial charge is 0.322 e. The lowest BCUT2D eigenvalue weighted by molar-refractivity contribution is 0.102. The molecule has 4 rings (SSSR count). The van der Waals surface area contributed by atoms with Crippen LogP contribution in [0.25, 0.3) is 0 Å². The Morgan fingerprint density at radius 2 is 1.93 bits per heavy atom. The summed E-state index contributed by atoms with van der Waals surface area (Å²) in [5.74, 6) is -0.0757. The summed E-state index contributed by atoms with van der Waals surface area (Å²) in [7, 11) is 0. The maximum absolute atomic E-state index is 13.1. The molecule has 0 saturated carbocycles. The number of anilines is 1. The molecule has 142 valence electrons. The maximum atomic E-state index is 13.1. The molecule has 0 unspecified atom stereocenters. The number of benzene rings is 2. The fraction of sp³-hybridized carbons (Fsp3) is 0.217. The van der Waals surface area contributed by atoms with E-state index in [2.05, 4.69) is 10.3 Å². The van der Waals surface area contributed by atoms with E-state index < -0.39 is 0 Å². The van der Waals surface area contributed by atoms with Crippen LogP contribution in [0.5, 0.6) is 0 Å². The van der Waals surface area contributed by atoms with Gasteiger partial charge in [0.25, 0.3) is 5.91 Å². The molecular formula is C23H21ClN2OS. The van der Waals surface area contributed by atoms with Gasteiger partial charge in [-0.15, -0.1) is 11.3 Å². The van der Waals surface area contributed by atoms with Crippen molar-refractivity contribution in [2.45, 2.75) is 32.6 Å². The van der Waals surface area contributed by atoms with E-state index in [1.807, 2.05) is 55.5 Å². The molecule has 2 aromatic carbocycles. The minimum absolute atomic E-state index is 0.0757. The Morgan fingerprint density at radius 1 is 1.14 bits per heavy atom. The van der Waals surface area contributed by atoms with Crippen molar-refractivity contribution in [2.24, 2.45) is 4.99 Å². The molecule has 28 heavy (non-hydrogen) atoms. The van der Waals surface area contributed by atoms with E-state index in [9.17, 15) is 4.79 Å². The average Bonchev–Trinajstić information content (AvgIpc) is 3.06. The smallest absolute Gasteiger partial charge is 0.259 e. The second kappa shape index (κ2) is 8.29. The summed E-state index contributed by atoms with van der Waals surface area (Å²) in [5, 5.41) is 4.54. The molecule has 1 aliphatic carbocycles. The van der Waals surface area contributed by atoms with Gasteiger partial charge in [-0.1, -0.05) is 35.9 Å². The normalized spacial score (nSPS) is 13.5. The third kappa shape index (κ3) is 4.18. The van der Waals surface area contributed by atoms with E-state index in [0.29, 0.717) is 5.02 Å². The molecule has 0 atom stereocenters. The fourth-order valence-corrected chi connectivity index (χ4v) is 4.83. The highest BCUT2D eigenvalue weighted by Gasteiger charge is 2.25. The minimum Gasteiger partial charge on any atom is -0.322 e. The first-order valence-corrected chi connectivity index (χ1v) is 10.6. The van der Waals surface area contributed by atoms with Gasteiger partial charge in [-0.3, -0.25) is 4.79 Å². The van der Waals surface area contributed by atoms with Crippen LogP contribution in [0, 0.1) is 6.92 Å². The van der Waals surface area contributed by atoms with Crippen LogP contribution < -0.4 is 5.32 Å². The van der Waals surface area contributed by atoms with Crippen molar-refractivity contribution in [3.05, 3.63) is 80.7 Å². The predicted octanol–water partition coefficient (Wildman–Crippen LogP) is 6.59. The van der Waals surface area contributed by atoms with Crippen molar-refractivity contribution in [1.82, 2.24) is 0 Å². The lowest BCUT2D eigenvalue weighted by Gasteiger charge is -2.13. The first kappa shape index (κ1) is 18.9. The second-order valence-corrected chi connectivity index (χ2v) is 8.54. The maximum Gasteiger partial charge on any atom is 0.259 e. The Kier molecular flexibility index (Phi) is 5.60. The summed E-state index contributed by atoms with van der Waals surface area (Å²) in [6.45, 7) is 2.02. The number of aryl methyl sites for hydroxylation is 2. The fourth-order valence-electron chi connectivity index (χ4n) is 3.47. The summed E-state index contributed by atoms with van der Waals surface area (Å²) < 4.78 is 0. The van der Waals surface area contributed by atoms with Crippen molar-refractivity contribution in [3.63, 3.8) is 0 Å². The zero-order valence-electron chi connectivity index (χ0n) is 15.7. The van der Waals surface area contributed by atoms with Gasteiger partial charge in [-0.25, -0.2) is 4.99 Å². The minimum atomic E-state index is -0.0757. The number of hydrogen-bond donors (Lipinski definition) is 1. The summed E-state index contributed by atoms with van der Waals surface area (Å²) in [4.78, 5) is 19.1. The Morgan fingerprint density at radius 3 is 2.71 bits per heavy atom. The van der Waals surface area contributed by atoms with Gasteiger partial charge in [-0.05, 0) is 73.6 Å². The first-order chi connectivity index (χ1) is 13.6. The Balaban J connectivity index is 1.67. The number of carbonyl (C=O) groups excluding carboxylic acids is 1. The van der Waals surface area contributed by atoms with E-state index in [0.717, 1.165) is 46.6 Å². The van der Waals surface area contributed by atoms with E-state index in [1.54, 1.807) is 17.6 Å². The molecule has 3 aromatic rings. The molecule has 1 amide bonds. The molecule has 0 spiro atoms. The molecule has 1 aliphatic rings. The number of hydrogen-bond acceptors (Lipinski definition) is 3. The van der Waals surface area contributed by atoms with Crippen molar-refractivity contribution in [2.75, 3.05) is 5.32 Å². The van der Waals surface area contributed by atoms with E-state index in [1.165, 1.54) is 16.9 Å². The first-order valence-electron chi connectivity index (χ1n) is 9.42. The topological polar surface area (TPSA) is 41.5 Å². The van der Waals surface area contributed by atoms with Crippen molar-refractivity contribution < 1.29 is 4.79 Å². The molecule has 0 saturated heterocycles. The molecule has 1 aromatic heterocycles. The summed E-state index contributed by atoms with van der Waals surface area (Å²) in [5.41, 5.74) is 4.79. The quantitative estimate of drug-likeness (QED) is 0.486. The van der Waals surface area contributed by atoms with Gasteiger partial charge in [0.15, 0.2) is 0 Å². The number of carbonyl (C=O) groups is 1. The van der Waals surface area contributed by atoms with Gasteiger partial charge in [0.05, 0.1) is 5.56 Å². The highest BCUT2D eigenvalue weighted by molar-refractivity contribution is 7.16. The summed E-state index contributed by atoms with van der Waals surface area (Å²) >= 11 is 7.60. The molecule has 0 fully saturated rings. The Labute approximate surface area is 174 Å². The van der Waals surface area contributed by atoms with Crippen LogP contribution in [-0.4, -0.2) is 12.1 Å². The number of nitrogens with one attached hydrogen (secondary N) is 1. The average molecular weight is 409 g/mol. The zero-order chi connectivity index (χ0) is 19.5. The van der Waals surface area contributed by atoms with Crippen molar-refractivity contribution in [3.8, 4) is 0 Å². The zero-order valence-corrected chi connectivity index (χ0v) is 17.2. The van der Waals surface area contributed by atoms with E-state index >= 15 is 0 Å². The van der Waals surface area contributed by atoms with Gasteiger partial charge in [0, 0.05) is 21.8 Å². The van der Waals surface area contributed by atoms with Crippen LogP contribution >= 0.6 is 22.9 Å². The molecule has 1 heterocycles. The number of fused-ring (bicyclic) bond motifs is 1. The van der Waals surface area contributed by atoms with Gasteiger partial charge in [0.2, 0.25) is 0 Å². The van der Waals surface area contributed by atoms with Gasteiger partial charge < -0.3 is 5.32 Å². The van der Waals surface area contributed by atoms with Crippen LogP contribution in [0.2, 0.25) is 5.02 Å². The summed E-state index contributed by atoms with van der Waals surface area (Å²) in [6.07, 6.45) is 6.07. The molecule has 1 N–H and O–H groups in total. The number of thiophene rings is 1. The highest BCUT2D eigenvalue weighted by Crippen LogP contribution is 2.40. The van der Waals surface area contributed by atoms with E-state index in [4.69, 9.17) is 11.6 Å². The SMILES string of the molecule is Cc1cccc(NC(=O)c2c(/N=C/c3ccc(Cl)cc3)sc3c2CCCC3)c1. The molecule has 5 heteroatoms. The summed E-state index contributed by atoms with van der Waals surface area (Å²) in [6, 6.07) is 15.4. The number of rotatable bonds is 4.